The van der Waals surface area contributed by atoms with Gasteiger partial charge in [0.15, 0.2) is 0 Å². The molecule has 0 aliphatic heterocycles. The lowest BCUT2D eigenvalue weighted by atomic mass is 9.90. The first-order chi connectivity index (χ1) is 19.5. The second-order valence-electron chi connectivity index (χ2n) is 10.3. The highest BCUT2D eigenvalue weighted by molar-refractivity contribution is 9.10. The Balaban J connectivity index is 1.85. The molecule has 220 valence electrons. The van der Waals surface area contributed by atoms with Crippen molar-refractivity contribution in [3.05, 3.63) is 103 Å². The predicted octanol–water partition coefficient (Wildman–Crippen LogP) is 4.75. The van der Waals surface area contributed by atoms with E-state index in [2.05, 4.69) is 15.9 Å². The number of hydrogen-bond donors (Lipinski definition) is 6. The number of phenols is 4. The molecule has 10 nitrogen and oxygen atoms in total. The van der Waals surface area contributed by atoms with Crippen LogP contribution in [0.15, 0.2) is 62.8 Å². The average molecular weight is 678 g/mol. The van der Waals surface area contributed by atoms with Crippen molar-refractivity contribution in [3.63, 3.8) is 0 Å². The first-order valence-corrected chi connectivity index (χ1v) is 16.1. The number of aromatic hydroxyl groups is 4. The molecule has 0 saturated carbocycles. The van der Waals surface area contributed by atoms with Gasteiger partial charge in [0.05, 0.1) is 9.79 Å². The van der Waals surface area contributed by atoms with E-state index < -0.39 is 30.0 Å². The Bertz CT molecular complexity index is 1760. The van der Waals surface area contributed by atoms with Crippen molar-refractivity contribution in [1.29, 1.82) is 0 Å². The lowest BCUT2D eigenvalue weighted by Gasteiger charge is -2.19. The third-order valence-electron chi connectivity index (χ3n) is 7.25. The number of fused-ring (bicyclic) bond motifs is 8. The fourth-order valence-electron chi connectivity index (χ4n) is 5.30. The second-order valence-corrected chi connectivity index (χ2v) is 14.1. The summed E-state index contributed by atoms with van der Waals surface area (Å²) in [6.07, 6.45) is -0.705. The average Bonchev–Trinajstić information content (AvgIpc) is 2.87. The summed E-state index contributed by atoms with van der Waals surface area (Å²) in [6.45, 7) is 1.73. The van der Waals surface area contributed by atoms with Gasteiger partial charge in [-0.15, -0.1) is 0 Å². The lowest BCUT2D eigenvalue weighted by Crippen LogP contribution is -2.06. The van der Waals surface area contributed by atoms with E-state index >= 15 is 0 Å². The topological polar surface area (TPSA) is 190 Å². The standard InChI is InChI=1S/C29H25BrO10S2/c1-14-2-15-4-19-10-24(41(35,36)37)12-21(28(19)33)6-17-8-23(30)9-18(27(17)32)7-22-13-25(42(38,39)40)11-20(29(22)34)5-16(3-14)26(15)31/h2-3,8-13,31-34H,4-7H2,1H3,(H,35,36,37)(H,38,39,40). The van der Waals surface area contributed by atoms with E-state index in [4.69, 9.17) is 0 Å². The molecule has 0 spiro atoms. The van der Waals surface area contributed by atoms with Crippen LogP contribution in [0, 0.1) is 6.92 Å². The normalized spacial score (nSPS) is 13.6. The number of benzene rings is 4. The molecule has 4 aromatic rings. The van der Waals surface area contributed by atoms with Gasteiger partial charge in [-0.1, -0.05) is 33.6 Å². The Morgan fingerprint density at radius 3 is 1.00 bits per heavy atom. The third kappa shape index (κ3) is 5.83. The summed E-state index contributed by atoms with van der Waals surface area (Å²) < 4.78 is 68.8. The summed E-state index contributed by atoms with van der Waals surface area (Å²) in [7, 11) is -9.41. The molecule has 0 radical (unpaired) electrons. The van der Waals surface area contributed by atoms with Gasteiger partial charge in [0.1, 0.15) is 23.0 Å². The van der Waals surface area contributed by atoms with Crippen LogP contribution in [0.4, 0.5) is 0 Å². The van der Waals surface area contributed by atoms with Crippen molar-refractivity contribution in [2.75, 3.05) is 0 Å². The van der Waals surface area contributed by atoms with Crippen molar-refractivity contribution in [2.24, 2.45) is 0 Å². The van der Waals surface area contributed by atoms with E-state index in [0.29, 0.717) is 10.0 Å². The molecule has 0 amide bonds. The maximum absolute atomic E-state index is 12.1. The summed E-state index contributed by atoms with van der Waals surface area (Å²) in [5.74, 6) is -1.09. The molecule has 13 heteroatoms. The largest absolute Gasteiger partial charge is 0.507 e. The van der Waals surface area contributed by atoms with Crippen LogP contribution in [0.2, 0.25) is 0 Å². The first kappa shape index (κ1) is 29.9. The smallest absolute Gasteiger partial charge is 0.294 e. The second kappa shape index (κ2) is 10.6. The molecule has 0 unspecified atom stereocenters. The molecule has 42 heavy (non-hydrogen) atoms. The van der Waals surface area contributed by atoms with E-state index in [9.17, 15) is 46.4 Å². The van der Waals surface area contributed by atoms with Crippen molar-refractivity contribution in [1.82, 2.24) is 0 Å². The molecule has 1 aliphatic carbocycles. The van der Waals surface area contributed by atoms with Crippen LogP contribution in [-0.2, 0) is 45.9 Å². The molecular weight excluding hydrogens is 652 g/mol. The summed E-state index contributed by atoms with van der Waals surface area (Å²) in [4.78, 5) is -0.961. The van der Waals surface area contributed by atoms with Crippen LogP contribution in [0.5, 0.6) is 23.0 Å². The van der Waals surface area contributed by atoms with Gasteiger partial charge in [-0.2, -0.15) is 16.8 Å². The van der Waals surface area contributed by atoms with E-state index in [1.54, 1.807) is 31.2 Å². The van der Waals surface area contributed by atoms with Gasteiger partial charge < -0.3 is 20.4 Å². The third-order valence-corrected chi connectivity index (χ3v) is 9.37. The zero-order valence-corrected chi connectivity index (χ0v) is 25.2. The van der Waals surface area contributed by atoms with Gasteiger partial charge >= 0.3 is 0 Å². The molecule has 0 aromatic heterocycles. The highest BCUT2D eigenvalue weighted by atomic mass is 79.9. The highest BCUT2D eigenvalue weighted by Crippen LogP contribution is 2.40. The lowest BCUT2D eigenvalue weighted by molar-refractivity contribution is 0.449. The molecule has 0 fully saturated rings. The van der Waals surface area contributed by atoms with Crippen molar-refractivity contribution < 1.29 is 46.4 Å². The van der Waals surface area contributed by atoms with Crippen LogP contribution < -0.4 is 0 Å². The van der Waals surface area contributed by atoms with Crippen molar-refractivity contribution in [2.45, 2.75) is 42.4 Å². The van der Waals surface area contributed by atoms with E-state index in [1.807, 2.05) is 0 Å². The van der Waals surface area contributed by atoms with Crippen LogP contribution in [0.1, 0.15) is 50.1 Å². The quantitative estimate of drug-likeness (QED) is 0.142. The maximum atomic E-state index is 12.1. The Hall–Kier alpha value is -3.62. The number of phenolic OH excluding ortho intramolecular Hbond substituents is 4. The van der Waals surface area contributed by atoms with E-state index in [1.165, 1.54) is 0 Å². The fraction of sp³-hybridized carbons (Fsp3) is 0.172. The monoisotopic (exact) mass is 676 g/mol. The summed E-state index contributed by atoms with van der Waals surface area (Å²) in [6, 6.07) is 10.7. The van der Waals surface area contributed by atoms with Gasteiger partial charge in [-0.25, -0.2) is 0 Å². The van der Waals surface area contributed by atoms with Crippen LogP contribution in [-0.4, -0.2) is 46.4 Å². The maximum Gasteiger partial charge on any atom is 0.294 e. The van der Waals surface area contributed by atoms with Gasteiger partial charge in [-0.05, 0) is 65.6 Å². The fourth-order valence-corrected chi connectivity index (χ4v) is 7.02. The molecular formula is C29H25BrO10S2. The number of rotatable bonds is 2. The Labute approximate surface area is 250 Å². The van der Waals surface area contributed by atoms with Gasteiger partial charge in [0, 0.05) is 52.4 Å². The van der Waals surface area contributed by atoms with Crippen LogP contribution in [0.25, 0.3) is 0 Å². The Kier molecular flexibility index (Phi) is 7.52. The minimum atomic E-state index is -4.70. The minimum absolute atomic E-state index is 0.0671. The summed E-state index contributed by atoms with van der Waals surface area (Å²) >= 11 is 3.37. The molecule has 4 aromatic carbocycles. The molecule has 0 atom stereocenters. The molecule has 6 N–H and O–H groups in total. The zero-order valence-electron chi connectivity index (χ0n) is 22.0. The van der Waals surface area contributed by atoms with Crippen molar-refractivity contribution >= 4 is 36.2 Å². The Morgan fingerprint density at radius 1 is 0.500 bits per heavy atom. The number of halogens is 1. The molecule has 0 saturated heterocycles. The van der Waals surface area contributed by atoms with E-state index in [-0.39, 0.29) is 93.2 Å². The van der Waals surface area contributed by atoms with Crippen molar-refractivity contribution in [3.8, 4) is 23.0 Å². The molecule has 8 bridgehead atoms. The van der Waals surface area contributed by atoms with E-state index in [0.717, 1.165) is 24.3 Å². The molecule has 5 rings (SSSR count). The van der Waals surface area contributed by atoms with Crippen LogP contribution >= 0.6 is 15.9 Å². The number of hydrogen-bond acceptors (Lipinski definition) is 8. The van der Waals surface area contributed by atoms with Gasteiger partial charge in [0.2, 0.25) is 0 Å². The van der Waals surface area contributed by atoms with Crippen LogP contribution in [0.3, 0.4) is 0 Å². The van der Waals surface area contributed by atoms with Gasteiger partial charge in [-0.3, -0.25) is 9.11 Å². The SMILES string of the molecule is Cc1cc2c(O)c(c1)Cc1cc(S(=O)(=O)O)cc(c1O)Cc1cc(Br)cc(c1O)Cc1cc(S(=O)(=O)O)cc(c1O)C2. The first-order valence-electron chi connectivity index (χ1n) is 12.5. The highest BCUT2D eigenvalue weighted by Gasteiger charge is 2.24. The molecule has 1 aliphatic rings. The zero-order chi connectivity index (χ0) is 30.7. The van der Waals surface area contributed by atoms with Gasteiger partial charge in [0.25, 0.3) is 20.2 Å². The predicted molar refractivity (Wildman–Crippen MR) is 156 cm³/mol. The minimum Gasteiger partial charge on any atom is -0.507 e. The molecule has 0 heterocycles. The summed E-state index contributed by atoms with van der Waals surface area (Å²) in [5, 5.41) is 44.9. The number of aryl methyl sites for hydroxylation is 1. The summed E-state index contributed by atoms with van der Waals surface area (Å²) in [5.41, 5.74) is 2.00. The Morgan fingerprint density at radius 2 is 0.738 bits per heavy atom.